The Balaban J connectivity index is 1.75. The van der Waals surface area contributed by atoms with Crippen LogP contribution in [0.3, 0.4) is 0 Å². The lowest BCUT2D eigenvalue weighted by molar-refractivity contribution is -0.119. The summed E-state index contributed by atoms with van der Waals surface area (Å²) in [6, 6.07) is 12.8. The topological polar surface area (TPSA) is 97.9 Å². The normalized spacial score (nSPS) is 10.4. The summed E-state index contributed by atoms with van der Waals surface area (Å²) in [6.45, 7) is 4.91. The minimum atomic E-state index is -0.501. The van der Waals surface area contributed by atoms with Crippen LogP contribution in [0.25, 0.3) is 0 Å². The zero-order valence-electron chi connectivity index (χ0n) is 18.5. The number of carbonyl (C=O) groups excluding carboxylic acids is 2. The number of amides is 2. The van der Waals surface area contributed by atoms with E-state index in [0.29, 0.717) is 36.8 Å². The van der Waals surface area contributed by atoms with Gasteiger partial charge in [0.2, 0.25) is 5.91 Å². The molecule has 8 heteroatoms. The first-order chi connectivity index (χ1) is 14.9. The van der Waals surface area contributed by atoms with E-state index in [0.717, 1.165) is 11.3 Å². The van der Waals surface area contributed by atoms with Gasteiger partial charge in [-0.2, -0.15) is 0 Å². The van der Waals surface area contributed by atoms with Crippen molar-refractivity contribution in [1.29, 1.82) is 0 Å². The van der Waals surface area contributed by atoms with Crippen molar-refractivity contribution in [1.82, 2.24) is 5.32 Å². The molecule has 0 aromatic heterocycles. The number of nitrogens with one attached hydrogen (secondary N) is 3. The van der Waals surface area contributed by atoms with Crippen LogP contribution in [0.5, 0.6) is 11.5 Å². The molecule has 0 unspecified atom stereocenters. The van der Waals surface area contributed by atoms with Crippen LogP contribution in [0, 0.1) is 5.92 Å². The molecule has 31 heavy (non-hydrogen) atoms. The maximum atomic E-state index is 12.1. The maximum absolute atomic E-state index is 12.1. The summed E-state index contributed by atoms with van der Waals surface area (Å²) in [5.74, 6) is 1.47. The van der Waals surface area contributed by atoms with E-state index in [2.05, 4.69) is 16.0 Å². The monoisotopic (exact) mass is 429 g/mol. The van der Waals surface area contributed by atoms with Gasteiger partial charge in [0.25, 0.3) is 0 Å². The van der Waals surface area contributed by atoms with Gasteiger partial charge in [-0.1, -0.05) is 26.0 Å². The van der Waals surface area contributed by atoms with Crippen LogP contribution < -0.4 is 25.4 Å². The zero-order chi connectivity index (χ0) is 22.6. The number of anilines is 2. The van der Waals surface area contributed by atoms with Crippen molar-refractivity contribution >= 4 is 23.4 Å². The average molecular weight is 430 g/mol. The zero-order valence-corrected chi connectivity index (χ0v) is 18.5. The average Bonchev–Trinajstić information content (AvgIpc) is 2.76. The Hall–Kier alpha value is -3.42. The Morgan fingerprint density at radius 1 is 0.968 bits per heavy atom. The van der Waals surface area contributed by atoms with Crippen LogP contribution in [-0.4, -0.2) is 45.9 Å². The number of carbonyl (C=O) groups is 2. The Labute approximate surface area is 183 Å². The lowest BCUT2D eigenvalue weighted by Gasteiger charge is -2.12. The molecule has 0 saturated carbocycles. The van der Waals surface area contributed by atoms with Crippen molar-refractivity contribution in [3.05, 3.63) is 48.0 Å². The van der Waals surface area contributed by atoms with Gasteiger partial charge in [-0.25, -0.2) is 4.79 Å². The molecule has 0 bridgehead atoms. The maximum Gasteiger partial charge on any atom is 0.411 e. The molecule has 0 radical (unpaired) electrons. The van der Waals surface area contributed by atoms with Gasteiger partial charge in [0.15, 0.2) is 11.5 Å². The van der Waals surface area contributed by atoms with Gasteiger partial charge < -0.3 is 24.8 Å². The number of rotatable bonds is 11. The van der Waals surface area contributed by atoms with Crippen LogP contribution >= 0.6 is 0 Å². The number of hydrogen-bond donors (Lipinski definition) is 3. The first-order valence-electron chi connectivity index (χ1n) is 10.2. The highest BCUT2D eigenvalue weighted by atomic mass is 16.5. The molecule has 168 valence electrons. The highest BCUT2D eigenvalue weighted by molar-refractivity contribution is 5.86. The highest BCUT2D eigenvalue weighted by Gasteiger charge is 2.07. The second kappa shape index (κ2) is 12.3. The fourth-order valence-corrected chi connectivity index (χ4v) is 2.73. The predicted molar refractivity (Wildman–Crippen MR) is 121 cm³/mol. The molecule has 0 fully saturated rings. The van der Waals surface area contributed by atoms with Crippen molar-refractivity contribution in [3.8, 4) is 11.5 Å². The van der Waals surface area contributed by atoms with Crippen molar-refractivity contribution in [2.45, 2.75) is 20.3 Å². The van der Waals surface area contributed by atoms with Crippen molar-refractivity contribution in [3.63, 3.8) is 0 Å². The van der Waals surface area contributed by atoms with E-state index in [4.69, 9.17) is 14.2 Å². The number of hydrogen-bond acceptors (Lipinski definition) is 6. The predicted octanol–water partition coefficient (Wildman–Crippen LogP) is 3.68. The van der Waals surface area contributed by atoms with Crippen LogP contribution in [0.15, 0.2) is 42.5 Å². The molecule has 3 N–H and O–H groups in total. The molecule has 8 nitrogen and oxygen atoms in total. The van der Waals surface area contributed by atoms with Gasteiger partial charge in [-0.15, -0.1) is 0 Å². The molecule has 0 saturated heterocycles. The molecule has 2 rings (SSSR count). The largest absolute Gasteiger partial charge is 0.493 e. The summed E-state index contributed by atoms with van der Waals surface area (Å²) in [5.41, 5.74) is 2.35. The second-order valence-corrected chi connectivity index (χ2v) is 7.34. The molecule has 0 atom stereocenters. The lowest BCUT2D eigenvalue weighted by atomic mass is 10.1. The molecule has 2 aromatic carbocycles. The van der Waals surface area contributed by atoms with E-state index in [9.17, 15) is 9.59 Å². The molecule has 2 amide bonds. The van der Waals surface area contributed by atoms with E-state index in [1.54, 1.807) is 32.4 Å². The first kappa shape index (κ1) is 23.9. The Bertz CT molecular complexity index is 870. The minimum absolute atomic E-state index is 0.118. The molecule has 0 aliphatic rings. The molecule has 0 heterocycles. The van der Waals surface area contributed by atoms with Gasteiger partial charge in [-0.05, 0) is 48.2 Å². The Morgan fingerprint density at radius 3 is 2.42 bits per heavy atom. The third-order valence-corrected chi connectivity index (χ3v) is 4.29. The van der Waals surface area contributed by atoms with Crippen LogP contribution in [-0.2, 0) is 16.0 Å². The Morgan fingerprint density at radius 2 is 1.71 bits per heavy atom. The standard InChI is InChI=1S/C23H31N3O5/c1-16(2)15-31-23(28)26-19-7-5-6-18(13-19)25-14-22(27)24-11-10-17-8-9-20(29-3)21(12-17)30-4/h5-9,12-13,16,25H,10-11,14-15H2,1-4H3,(H,24,27)(H,26,28). The van der Waals surface area contributed by atoms with Gasteiger partial charge in [0.1, 0.15) is 0 Å². The summed E-state index contributed by atoms with van der Waals surface area (Å²) in [6.07, 6.45) is 0.169. The molecular formula is C23H31N3O5. The number of methoxy groups -OCH3 is 2. The van der Waals surface area contributed by atoms with Gasteiger partial charge in [0.05, 0.1) is 27.4 Å². The van der Waals surface area contributed by atoms with Crippen LogP contribution in [0.4, 0.5) is 16.2 Å². The second-order valence-electron chi connectivity index (χ2n) is 7.34. The Kier molecular flexibility index (Phi) is 9.48. The van der Waals surface area contributed by atoms with Gasteiger partial charge in [-0.3, -0.25) is 10.1 Å². The lowest BCUT2D eigenvalue weighted by Crippen LogP contribution is -2.31. The summed E-state index contributed by atoms with van der Waals surface area (Å²) in [7, 11) is 3.18. The third-order valence-electron chi connectivity index (χ3n) is 4.29. The molecule has 0 spiro atoms. The molecular weight excluding hydrogens is 398 g/mol. The molecule has 0 aliphatic carbocycles. The summed E-state index contributed by atoms with van der Waals surface area (Å²) in [4.78, 5) is 23.9. The SMILES string of the molecule is COc1ccc(CCNC(=O)CNc2cccc(NC(=O)OCC(C)C)c2)cc1OC. The van der Waals surface area contributed by atoms with Crippen LogP contribution in [0.2, 0.25) is 0 Å². The number of benzene rings is 2. The molecule has 0 aliphatic heterocycles. The van der Waals surface area contributed by atoms with E-state index in [1.807, 2.05) is 38.1 Å². The van der Waals surface area contributed by atoms with E-state index in [-0.39, 0.29) is 18.4 Å². The van der Waals surface area contributed by atoms with Crippen molar-refractivity contribution in [2.24, 2.45) is 5.92 Å². The smallest absolute Gasteiger partial charge is 0.411 e. The first-order valence-corrected chi connectivity index (χ1v) is 10.2. The third kappa shape index (κ3) is 8.46. The van der Waals surface area contributed by atoms with Gasteiger partial charge >= 0.3 is 6.09 Å². The minimum Gasteiger partial charge on any atom is -0.493 e. The number of ether oxygens (including phenoxy) is 3. The van der Waals surface area contributed by atoms with E-state index < -0.39 is 6.09 Å². The summed E-state index contributed by atoms with van der Waals surface area (Å²) in [5, 5.41) is 8.60. The van der Waals surface area contributed by atoms with E-state index >= 15 is 0 Å². The van der Waals surface area contributed by atoms with Crippen molar-refractivity contribution in [2.75, 3.05) is 44.5 Å². The van der Waals surface area contributed by atoms with Gasteiger partial charge in [0, 0.05) is 17.9 Å². The quantitative estimate of drug-likeness (QED) is 0.504. The summed E-state index contributed by atoms with van der Waals surface area (Å²) >= 11 is 0. The molecule has 2 aromatic rings. The van der Waals surface area contributed by atoms with E-state index in [1.165, 1.54) is 0 Å². The fraction of sp³-hybridized carbons (Fsp3) is 0.391. The fourth-order valence-electron chi connectivity index (χ4n) is 2.73. The highest BCUT2D eigenvalue weighted by Crippen LogP contribution is 2.27. The van der Waals surface area contributed by atoms with Crippen LogP contribution in [0.1, 0.15) is 19.4 Å². The van der Waals surface area contributed by atoms with Crippen molar-refractivity contribution < 1.29 is 23.8 Å². The summed E-state index contributed by atoms with van der Waals surface area (Å²) < 4.78 is 15.6.